The smallest absolute Gasteiger partial charge is 0.549 e. The standard InChI is InChI=1S/5C10H16N2O8.8Ca.4Na/c5*13-7(14)3-11(4-8(15)16)1-2-12(5-9(17)18)6-10(19)20;;;;;;;;;;;;/h5*1-6H2,(H,13,14)(H,15,16)(H,17,18)(H,19,20);;;;;;;;;;;;/q;;;;;8*+2;4*+1/p-20. The molecule has 0 aliphatic heterocycles. The third-order valence-electron chi connectivity index (χ3n) is 10.7. The van der Waals surface area contributed by atoms with Crippen LogP contribution in [0.25, 0.3) is 0 Å². The van der Waals surface area contributed by atoms with Crippen molar-refractivity contribution in [2.75, 3.05) is 196 Å². The van der Waals surface area contributed by atoms with E-state index in [0.29, 0.717) is 0 Å². The van der Waals surface area contributed by atoms with E-state index in [2.05, 4.69) is 0 Å². The second-order valence-corrected chi connectivity index (χ2v) is 19.5. The Morgan fingerprint density at radius 3 is 0.179 bits per heavy atom. The van der Waals surface area contributed by atoms with Crippen molar-refractivity contribution in [3.8, 4) is 0 Å². The Kier molecular flexibility index (Phi) is 134. The number of carbonyl (C=O) groups is 20. The molecule has 0 unspecified atom stereocenters. The van der Waals surface area contributed by atoms with Crippen LogP contribution in [0.4, 0.5) is 0 Å². The fourth-order valence-corrected chi connectivity index (χ4v) is 7.21. The van der Waals surface area contributed by atoms with Crippen LogP contribution in [0.1, 0.15) is 0 Å². The van der Waals surface area contributed by atoms with Crippen molar-refractivity contribution in [1.82, 2.24) is 49.0 Å². The van der Waals surface area contributed by atoms with Gasteiger partial charge in [-0.25, -0.2) is 0 Å². The minimum Gasteiger partial charge on any atom is -0.549 e. The van der Waals surface area contributed by atoms with E-state index in [-0.39, 0.29) is 486 Å². The zero-order valence-corrected chi connectivity index (χ0v) is 87.3. The second kappa shape index (κ2) is 96.3. The minimum atomic E-state index is -1.53. The molecule has 0 radical (unpaired) electrons. The average Bonchev–Trinajstić information content (AvgIpc) is 0.957. The first-order valence-corrected chi connectivity index (χ1v) is 27.2. The Labute approximate surface area is 964 Å². The van der Waals surface area contributed by atoms with Crippen molar-refractivity contribution in [1.29, 1.82) is 0 Å². The van der Waals surface area contributed by atoms with Crippen molar-refractivity contribution < 1.29 is 316 Å². The molecule has 0 aliphatic rings. The van der Waals surface area contributed by atoms with Gasteiger partial charge in [0.1, 0.15) is 0 Å². The third kappa shape index (κ3) is 122. The zero-order chi connectivity index (χ0) is 78.5. The van der Waals surface area contributed by atoms with Gasteiger partial charge in [0.2, 0.25) is 0 Å². The number of carboxylic acids is 20. The Bertz CT molecular complexity index is 2060. The third-order valence-corrected chi connectivity index (χ3v) is 10.7. The molecule has 0 rings (SSSR count). The number of hydrogen-bond acceptors (Lipinski definition) is 50. The van der Waals surface area contributed by atoms with Gasteiger partial charge in [-0.2, -0.15) is 0 Å². The van der Waals surface area contributed by atoms with E-state index < -0.39 is 250 Å². The van der Waals surface area contributed by atoms with Crippen LogP contribution < -0.4 is 220 Å². The van der Waals surface area contributed by atoms with E-state index in [0.717, 1.165) is 49.0 Å². The van der Waals surface area contributed by atoms with Crippen LogP contribution in [0.15, 0.2) is 0 Å². The molecule has 0 aliphatic carbocycles. The first-order chi connectivity index (χ1) is 46.0. The van der Waals surface area contributed by atoms with Crippen molar-refractivity contribution in [2.45, 2.75) is 0 Å². The molecule has 0 atom stereocenters. The molecule has 0 fully saturated rings. The van der Waals surface area contributed by atoms with E-state index in [4.69, 9.17) is 0 Å². The van der Waals surface area contributed by atoms with Crippen LogP contribution in [0, 0.1) is 0 Å². The first kappa shape index (κ1) is 156. The zero-order valence-electron chi connectivity index (χ0n) is 61.7. The normalized spacial score (nSPS) is 9.55. The van der Waals surface area contributed by atoms with Gasteiger partial charge in [0.15, 0.2) is 0 Å². The van der Waals surface area contributed by atoms with Crippen molar-refractivity contribution >= 4 is 421 Å². The Morgan fingerprint density at radius 2 is 0.152 bits per heavy atom. The maximum Gasteiger partial charge on any atom is 2.00 e. The molecule has 112 heavy (non-hydrogen) atoms. The average molecular weight is 1850 g/mol. The van der Waals surface area contributed by atoms with Crippen LogP contribution >= 0.6 is 0 Å². The largest absolute Gasteiger partial charge is 2.00 e. The summed E-state index contributed by atoms with van der Waals surface area (Å²) < 4.78 is 0. The second-order valence-electron chi connectivity index (χ2n) is 19.5. The van der Waals surface area contributed by atoms with E-state index in [1.807, 2.05) is 0 Å². The molecule has 0 aromatic rings. The van der Waals surface area contributed by atoms with Crippen molar-refractivity contribution in [3.05, 3.63) is 0 Å². The van der Waals surface area contributed by atoms with Gasteiger partial charge in [0.25, 0.3) is 0 Å². The fourth-order valence-electron chi connectivity index (χ4n) is 7.21. The number of rotatable bonds is 55. The molecule has 0 heterocycles. The molecule has 0 spiro atoms. The predicted molar refractivity (Wildman–Crippen MR) is 311 cm³/mol. The van der Waals surface area contributed by atoms with Gasteiger partial charge in [-0.05, 0) is 0 Å². The number of hydrogen-bond donors (Lipinski definition) is 0. The van der Waals surface area contributed by atoms with Crippen molar-refractivity contribution in [2.24, 2.45) is 0 Å². The van der Waals surface area contributed by atoms with Crippen LogP contribution in [-0.2, 0) is 95.9 Å². The predicted octanol–water partition coefficient (Wildman–Crippen LogP) is -52.1. The van der Waals surface area contributed by atoms with Gasteiger partial charge in [-0.15, -0.1) is 0 Å². The van der Waals surface area contributed by atoms with Gasteiger partial charge >= 0.3 is 420 Å². The van der Waals surface area contributed by atoms with Crippen LogP contribution in [-0.4, -0.2) is 667 Å². The quantitative estimate of drug-likeness (QED) is 0.0510. The van der Waals surface area contributed by atoms with Crippen LogP contribution in [0.5, 0.6) is 0 Å². The SMILES string of the molecule is O=C([O-])CN(CCN(CC(=O)[O-])CC(=O)[O-])CC(=O)[O-].O=C([O-])CN(CCN(CC(=O)[O-])CC(=O)[O-])CC(=O)[O-].O=C([O-])CN(CCN(CC(=O)[O-])CC(=O)[O-])CC(=O)[O-].O=C([O-])CN(CCN(CC(=O)[O-])CC(=O)[O-])CC(=O)[O-].O=C([O-])CN(CCN(CC(=O)[O-])CC(=O)[O-])CC(=O)[O-].[Ca+2].[Ca+2].[Ca+2].[Ca+2].[Ca+2].[Ca+2].[Ca+2].[Ca+2].[Na+].[Na+].[Na+].[Na+]. The molecule has 0 N–H and O–H groups in total. The van der Waals surface area contributed by atoms with E-state index >= 15 is 0 Å². The molecule has 0 aromatic heterocycles. The number of nitrogens with zero attached hydrogens (tertiary/aromatic N) is 10. The summed E-state index contributed by atoms with van der Waals surface area (Å²) in [5.74, 6) is -30.6. The summed E-state index contributed by atoms with van der Waals surface area (Å²) in [5, 5.41) is 208. The molecular weight excluding hydrogens is 1790 g/mol. The van der Waals surface area contributed by atoms with E-state index in [9.17, 15) is 198 Å². The molecule has 0 bridgehead atoms. The first-order valence-electron chi connectivity index (χ1n) is 27.2. The fraction of sp³-hybridized carbons (Fsp3) is 0.600. The van der Waals surface area contributed by atoms with E-state index in [1.165, 1.54) is 0 Å². The van der Waals surface area contributed by atoms with Gasteiger partial charge in [0, 0.05) is 196 Å². The topological polar surface area (TPSA) is 835 Å². The Hall–Kier alpha value is 3.08. The monoisotopic (exact) mass is 1850 g/mol. The molecule has 0 saturated carbocycles. The Balaban J connectivity index is -0.0000000654. The summed E-state index contributed by atoms with van der Waals surface area (Å²) in [6.45, 7) is -16.3. The van der Waals surface area contributed by atoms with Crippen LogP contribution in [0.3, 0.4) is 0 Å². The van der Waals surface area contributed by atoms with Gasteiger partial charge in [-0.1, -0.05) is 0 Å². The molecule has 570 valence electrons. The summed E-state index contributed by atoms with van der Waals surface area (Å²) in [6.07, 6.45) is 0. The number of carboxylic acid groups (broad SMARTS) is 20. The minimum absolute atomic E-state index is 0. The number of aliphatic carboxylic acids is 20. The summed E-state index contributed by atoms with van der Waals surface area (Å²) in [4.78, 5) is 217. The van der Waals surface area contributed by atoms with Gasteiger partial charge in [0.05, 0.1) is 119 Å². The number of carbonyl (C=O) groups excluding carboxylic acids is 20. The van der Waals surface area contributed by atoms with Gasteiger partial charge < -0.3 is 198 Å². The molecule has 50 nitrogen and oxygen atoms in total. The molecule has 0 amide bonds. The molecular formula is C50H60Ca8N10Na4O40. The molecule has 0 aromatic carbocycles. The maximum atomic E-state index is 10.4. The summed E-state index contributed by atoms with van der Waals surface area (Å²) >= 11 is 0. The maximum absolute atomic E-state index is 10.4. The Morgan fingerprint density at radius 1 is 0.116 bits per heavy atom. The summed E-state index contributed by atoms with van der Waals surface area (Å²) in [5.41, 5.74) is 0. The van der Waals surface area contributed by atoms with E-state index in [1.54, 1.807) is 0 Å². The van der Waals surface area contributed by atoms with Crippen LogP contribution in [0.2, 0.25) is 0 Å². The molecule has 62 heteroatoms. The summed E-state index contributed by atoms with van der Waals surface area (Å²) in [6, 6.07) is 0. The van der Waals surface area contributed by atoms with Gasteiger partial charge in [-0.3, -0.25) is 49.0 Å². The summed E-state index contributed by atoms with van der Waals surface area (Å²) in [7, 11) is 0. The molecule has 0 saturated heterocycles. The van der Waals surface area contributed by atoms with Crippen molar-refractivity contribution in [3.63, 3.8) is 0 Å².